The Kier molecular flexibility index (Phi) is 3.91. The lowest BCUT2D eigenvalue weighted by Crippen LogP contribution is -2.47. The SMILES string of the molecule is CC1CCC(N2CCC(C)C2CN)CC1C. The van der Waals surface area contributed by atoms with E-state index >= 15 is 0 Å². The summed E-state index contributed by atoms with van der Waals surface area (Å²) in [6.07, 6.45) is 5.55. The highest BCUT2D eigenvalue weighted by Crippen LogP contribution is 2.36. The number of nitrogens with two attached hydrogens (primary N) is 1. The van der Waals surface area contributed by atoms with Crippen molar-refractivity contribution in [3.05, 3.63) is 0 Å². The first-order valence-electron chi connectivity index (χ1n) is 7.09. The van der Waals surface area contributed by atoms with Crippen molar-refractivity contribution in [1.29, 1.82) is 0 Å². The maximum absolute atomic E-state index is 5.94. The Morgan fingerprint density at radius 1 is 1.00 bits per heavy atom. The van der Waals surface area contributed by atoms with Crippen LogP contribution in [0.4, 0.5) is 0 Å². The maximum atomic E-state index is 5.94. The summed E-state index contributed by atoms with van der Waals surface area (Å²) in [5, 5.41) is 0. The molecule has 0 amide bonds. The quantitative estimate of drug-likeness (QED) is 0.781. The average Bonchev–Trinajstić information content (AvgIpc) is 2.63. The molecule has 1 heterocycles. The molecule has 5 unspecified atom stereocenters. The van der Waals surface area contributed by atoms with E-state index in [4.69, 9.17) is 5.73 Å². The molecule has 2 nitrogen and oxygen atoms in total. The van der Waals surface area contributed by atoms with Crippen LogP contribution < -0.4 is 5.73 Å². The maximum Gasteiger partial charge on any atom is 0.0247 e. The van der Waals surface area contributed by atoms with Gasteiger partial charge in [-0.3, -0.25) is 4.90 Å². The normalized spacial score (nSPS) is 46.1. The zero-order chi connectivity index (χ0) is 11.7. The minimum atomic E-state index is 0.658. The van der Waals surface area contributed by atoms with Crippen molar-refractivity contribution in [2.24, 2.45) is 23.5 Å². The van der Waals surface area contributed by atoms with Gasteiger partial charge in [-0.1, -0.05) is 20.8 Å². The lowest BCUT2D eigenvalue weighted by molar-refractivity contribution is 0.0937. The lowest BCUT2D eigenvalue weighted by atomic mass is 9.78. The van der Waals surface area contributed by atoms with Crippen LogP contribution in [0.3, 0.4) is 0 Å². The van der Waals surface area contributed by atoms with Crippen molar-refractivity contribution in [2.75, 3.05) is 13.1 Å². The Labute approximate surface area is 101 Å². The Hall–Kier alpha value is -0.0800. The Morgan fingerprint density at radius 2 is 1.75 bits per heavy atom. The second-order valence-corrected chi connectivity index (χ2v) is 6.23. The molecule has 2 fully saturated rings. The first-order chi connectivity index (χ1) is 7.63. The fourth-order valence-electron chi connectivity index (χ4n) is 3.68. The van der Waals surface area contributed by atoms with Crippen LogP contribution in [0.5, 0.6) is 0 Å². The largest absolute Gasteiger partial charge is 0.329 e. The van der Waals surface area contributed by atoms with Gasteiger partial charge < -0.3 is 5.73 Å². The summed E-state index contributed by atoms with van der Waals surface area (Å²) in [5.74, 6) is 2.63. The molecular formula is C14H28N2. The van der Waals surface area contributed by atoms with Crippen LogP contribution in [0, 0.1) is 17.8 Å². The van der Waals surface area contributed by atoms with Crippen molar-refractivity contribution in [3.63, 3.8) is 0 Å². The molecule has 2 aliphatic rings. The van der Waals surface area contributed by atoms with Crippen LogP contribution in [0.1, 0.15) is 46.5 Å². The van der Waals surface area contributed by atoms with Gasteiger partial charge in [0, 0.05) is 18.6 Å². The van der Waals surface area contributed by atoms with Gasteiger partial charge in [-0.05, 0) is 50.0 Å². The molecule has 2 N–H and O–H groups in total. The van der Waals surface area contributed by atoms with Gasteiger partial charge in [-0.2, -0.15) is 0 Å². The molecule has 2 heteroatoms. The average molecular weight is 224 g/mol. The lowest BCUT2D eigenvalue weighted by Gasteiger charge is -2.40. The van der Waals surface area contributed by atoms with Gasteiger partial charge >= 0.3 is 0 Å². The van der Waals surface area contributed by atoms with E-state index in [9.17, 15) is 0 Å². The highest BCUT2D eigenvalue weighted by Gasteiger charge is 2.37. The fourth-order valence-corrected chi connectivity index (χ4v) is 3.68. The number of likely N-dealkylation sites (tertiary alicyclic amines) is 1. The van der Waals surface area contributed by atoms with Gasteiger partial charge in [-0.25, -0.2) is 0 Å². The third kappa shape index (κ3) is 2.28. The van der Waals surface area contributed by atoms with Crippen molar-refractivity contribution in [2.45, 2.75) is 58.5 Å². The van der Waals surface area contributed by atoms with E-state index < -0.39 is 0 Å². The van der Waals surface area contributed by atoms with Gasteiger partial charge in [0.15, 0.2) is 0 Å². The molecule has 16 heavy (non-hydrogen) atoms. The zero-order valence-corrected chi connectivity index (χ0v) is 11.2. The summed E-state index contributed by atoms with van der Waals surface area (Å²) in [6, 6.07) is 1.48. The number of rotatable bonds is 2. The van der Waals surface area contributed by atoms with E-state index in [0.29, 0.717) is 6.04 Å². The van der Waals surface area contributed by atoms with Crippen molar-refractivity contribution in [1.82, 2.24) is 4.90 Å². The molecule has 0 aromatic carbocycles. The highest BCUT2D eigenvalue weighted by atomic mass is 15.2. The van der Waals surface area contributed by atoms with Gasteiger partial charge in [-0.15, -0.1) is 0 Å². The molecular weight excluding hydrogens is 196 g/mol. The zero-order valence-electron chi connectivity index (χ0n) is 11.2. The van der Waals surface area contributed by atoms with Crippen molar-refractivity contribution in [3.8, 4) is 0 Å². The van der Waals surface area contributed by atoms with Crippen LogP contribution in [-0.2, 0) is 0 Å². The predicted molar refractivity (Wildman–Crippen MR) is 69.3 cm³/mol. The monoisotopic (exact) mass is 224 g/mol. The van der Waals surface area contributed by atoms with Crippen LogP contribution in [-0.4, -0.2) is 30.1 Å². The first kappa shape index (κ1) is 12.4. The van der Waals surface area contributed by atoms with Crippen LogP contribution >= 0.6 is 0 Å². The second-order valence-electron chi connectivity index (χ2n) is 6.23. The number of hydrogen-bond donors (Lipinski definition) is 1. The standard InChI is InChI=1S/C14H28N2/c1-10-4-5-13(8-12(10)3)16-7-6-11(2)14(16)9-15/h10-14H,4-9,15H2,1-3H3. The molecule has 5 atom stereocenters. The van der Waals surface area contributed by atoms with E-state index in [0.717, 1.165) is 30.3 Å². The molecule has 1 aliphatic heterocycles. The molecule has 1 aliphatic carbocycles. The van der Waals surface area contributed by atoms with E-state index in [-0.39, 0.29) is 0 Å². The van der Waals surface area contributed by atoms with Crippen LogP contribution in [0.25, 0.3) is 0 Å². The Bertz CT molecular complexity index is 229. The van der Waals surface area contributed by atoms with Crippen LogP contribution in [0.15, 0.2) is 0 Å². The van der Waals surface area contributed by atoms with E-state index in [1.807, 2.05) is 0 Å². The van der Waals surface area contributed by atoms with Gasteiger partial charge in [0.2, 0.25) is 0 Å². The van der Waals surface area contributed by atoms with Crippen LogP contribution in [0.2, 0.25) is 0 Å². The summed E-state index contributed by atoms with van der Waals surface area (Å²) < 4.78 is 0. The molecule has 0 aromatic rings. The first-order valence-corrected chi connectivity index (χ1v) is 7.09. The van der Waals surface area contributed by atoms with Gasteiger partial charge in [0.05, 0.1) is 0 Å². The molecule has 1 saturated heterocycles. The summed E-state index contributed by atoms with van der Waals surface area (Å²) in [7, 11) is 0. The second kappa shape index (κ2) is 5.05. The van der Waals surface area contributed by atoms with E-state index in [1.165, 1.54) is 32.2 Å². The molecule has 0 spiro atoms. The minimum absolute atomic E-state index is 0.658. The molecule has 94 valence electrons. The van der Waals surface area contributed by atoms with Gasteiger partial charge in [0.1, 0.15) is 0 Å². The predicted octanol–water partition coefficient (Wildman–Crippen LogP) is 2.48. The molecule has 0 radical (unpaired) electrons. The molecule has 1 saturated carbocycles. The number of hydrogen-bond acceptors (Lipinski definition) is 2. The third-order valence-electron chi connectivity index (χ3n) is 5.21. The molecule has 0 bridgehead atoms. The summed E-state index contributed by atoms with van der Waals surface area (Å²) in [5.41, 5.74) is 5.94. The highest BCUT2D eigenvalue weighted by molar-refractivity contribution is 4.92. The summed E-state index contributed by atoms with van der Waals surface area (Å²) in [4.78, 5) is 2.73. The van der Waals surface area contributed by atoms with E-state index in [1.54, 1.807) is 0 Å². The fraction of sp³-hybridized carbons (Fsp3) is 1.00. The Morgan fingerprint density at radius 3 is 2.38 bits per heavy atom. The molecule has 2 rings (SSSR count). The summed E-state index contributed by atoms with van der Waals surface area (Å²) in [6.45, 7) is 9.34. The van der Waals surface area contributed by atoms with Crippen molar-refractivity contribution >= 4 is 0 Å². The molecule has 0 aromatic heterocycles. The Balaban J connectivity index is 1.97. The summed E-state index contributed by atoms with van der Waals surface area (Å²) >= 11 is 0. The van der Waals surface area contributed by atoms with Gasteiger partial charge in [0.25, 0.3) is 0 Å². The minimum Gasteiger partial charge on any atom is -0.329 e. The van der Waals surface area contributed by atoms with E-state index in [2.05, 4.69) is 25.7 Å². The topological polar surface area (TPSA) is 29.3 Å². The number of nitrogens with zero attached hydrogens (tertiary/aromatic N) is 1. The smallest absolute Gasteiger partial charge is 0.0247 e. The van der Waals surface area contributed by atoms with Crippen molar-refractivity contribution < 1.29 is 0 Å². The third-order valence-corrected chi connectivity index (χ3v) is 5.21.